The van der Waals surface area contributed by atoms with E-state index in [4.69, 9.17) is 9.47 Å². The van der Waals surface area contributed by atoms with Gasteiger partial charge >= 0.3 is 6.09 Å². The Morgan fingerprint density at radius 1 is 1.35 bits per heavy atom. The zero-order chi connectivity index (χ0) is 16.8. The molecule has 3 aliphatic rings. The minimum Gasteiger partial charge on any atom is -0.444 e. The summed E-state index contributed by atoms with van der Waals surface area (Å²) in [7, 11) is 0. The molecule has 2 heterocycles. The molecule has 0 aromatic heterocycles. The van der Waals surface area contributed by atoms with E-state index in [2.05, 4.69) is 19.2 Å². The summed E-state index contributed by atoms with van der Waals surface area (Å²) in [5, 5.41) is 3.83. The molecule has 23 heavy (non-hydrogen) atoms. The molecule has 1 N–H and O–H groups in total. The Bertz CT molecular complexity index is 450. The highest BCUT2D eigenvalue weighted by atomic mass is 16.6. The lowest BCUT2D eigenvalue weighted by Crippen LogP contribution is -2.47. The molecule has 2 saturated heterocycles. The molecule has 5 heteroatoms. The molecular formula is C18H32N2O3. The van der Waals surface area contributed by atoms with Gasteiger partial charge in [0.05, 0.1) is 5.60 Å². The second-order valence-corrected chi connectivity index (χ2v) is 8.75. The Balaban J connectivity index is 1.45. The summed E-state index contributed by atoms with van der Waals surface area (Å²) in [6.45, 7) is 12.7. The number of hydrogen-bond donors (Lipinski definition) is 1. The molecule has 0 bridgehead atoms. The first-order chi connectivity index (χ1) is 10.7. The van der Waals surface area contributed by atoms with E-state index in [1.165, 1.54) is 0 Å². The van der Waals surface area contributed by atoms with Gasteiger partial charge in [0.15, 0.2) is 0 Å². The molecule has 132 valence electrons. The number of fused-ring (bicyclic) bond motifs is 1. The van der Waals surface area contributed by atoms with Gasteiger partial charge in [-0.3, -0.25) is 0 Å². The van der Waals surface area contributed by atoms with E-state index in [1.807, 2.05) is 25.7 Å². The number of likely N-dealkylation sites (tertiary alicyclic amines) is 1. The average molecular weight is 324 g/mol. The first kappa shape index (κ1) is 17.0. The van der Waals surface area contributed by atoms with Crippen molar-refractivity contribution in [1.29, 1.82) is 0 Å². The number of hydrogen-bond acceptors (Lipinski definition) is 4. The highest BCUT2D eigenvalue weighted by molar-refractivity contribution is 5.69. The van der Waals surface area contributed by atoms with Crippen LogP contribution < -0.4 is 5.32 Å². The summed E-state index contributed by atoms with van der Waals surface area (Å²) in [5.74, 6) is 1.22. The van der Waals surface area contributed by atoms with Gasteiger partial charge in [0.25, 0.3) is 0 Å². The maximum atomic E-state index is 12.1. The van der Waals surface area contributed by atoms with Crippen LogP contribution in [-0.4, -0.2) is 54.0 Å². The number of piperidine rings is 1. The first-order valence-electron chi connectivity index (χ1n) is 9.09. The van der Waals surface area contributed by atoms with Gasteiger partial charge in [0.1, 0.15) is 5.60 Å². The van der Waals surface area contributed by atoms with Crippen LogP contribution in [0.5, 0.6) is 0 Å². The lowest BCUT2D eigenvalue weighted by Gasteiger charge is -2.38. The van der Waals surface area contributed by atoms with Crippen molar-refractivity contribution in [2.45, 2.75) is 77.2 Å². The Labute approximate surface area is 140 Å². The van der Waals surface area contributed by atoms with Crippen LogP contribution in [-0.2, 0) is 9.47 Å². The molecule has 3 fully saturated rings. The molecule has 4 atom stereocenters. The average Bonchev–Trinajstić information content (AvgIpc) is 2.90. The third-order valence-corrected chi connectivity index (χ3v) is 5.62. The number of amides is 1. The highest BCUT2D eigenvalue weighted by Crippen LogP contribution is 2.46. The van der Waals surface area contributed by atoms with Crippen LogP contribution in [0.4, 0.5) is 4.79 Å². The molecule has 2 aliphatic heterocycles. The van der Waals surface area contributed by atoms with E-state index >= 15 is 0 Å². The van der Waals surface area contributed by atoms with Crippen molar-refractivity contribution >= 4 is 6.09 Å². The molecule has 4 unspecified atom stereocenters. The highest BCUT2D eigenvalue weighted by Gasteiger charge is 2.57. The van der Waals surface area contributed by atoms with Gasteiger partial charge in [-0.1, -0.05) is 6.92 Å². The van der Waals surface area contributed by atoms with Crippen LogP contribution in [0.3, 0.4) is 0 Å². The molecule has 0 radical (unpaired) electrons. The predicted molar refractivity (Wildman–Crippen MR) is 89.4 cm³/mol. The van der Waals surface area contributed by atoms with Crippen molar-refractivity contribution in [1.82, 2.24) is 10.2 Å². The number of nitrogens with zero attached hydrogens (tertiary/aromatic N) is 1. The molecule has 0 spiro atoms. The molecule has 3 rings (SSSR count). The molecule has 5 nitrogen and oxygen atoms in total. The van der Waals surface area contributed by atoms with Crippen molar-refractivity contribution < 1.29 is 14.3 Å². The zero-order valence-corrected chi connectivity index (χ0v) is 15.2. The zero-order valence-electron chi connectivity index (χ0n) is 15.2. The van der Waals surface area contributed by atoms with E-state index in [9.17, 15) is 4.79 Å². The minimum absolute atomic E-state index is 0.0302. The largest absolute Gasteiger partial charge is 0.444 e. The van der Waals surface area contributed by atoms with Crippen molar-refractivity contribution in [3.8, 4) is 0 Å². The first-order valence-corrected chi connectivity index (χ1v) is 9.09. The SMILES string of the molecule is CCC1(C)CC(NC2C3CN(C(=O)OC(C)(C)C)CC32)CCO1. The molecule has 1 amide bonds. The van der Waals surface area contributed by atoms with Gasteiger partial charge in [0, 0.05) is 31.8 Å². The molecule has 0 aromatic carbocycles. The Morgan fingerprint density at radius 2 is 2.00 bits per heavy atom. The fourth-order valence-electron chi connectivity index (χ4n) is 4.04. The molecule has 1 aliphatic carbocycles. The van der Waals surface area contributed by atoms with Crippen LogP contribution in [0.15, 0.2) is 0 Å². The fraction of sp³-hybridized carbons (Fsp3) is 0.944. The van der Waals surface area contributed by atoms with Gasteiger partial charge in [-0.05, 0) is 58.8 Å². The topological polar surface area (TPSA) is 50.8 Å². The maximum Gasteiger partial charge on any atom is 0.410 e. The van der Waals surface area contributed by atoms with E-state index in [1.54, 1.807) is 0 Å². The van der Waals surface area contributed by atoms with Gasteiger partial charge in [-0.15, -0.1) is 0 Å². The minimum atomic E-state index is -0.409. The number of rotatable bonds is 3. The summed E-state index contributed by atoms with van der Waals surface area (Å²) in [6.07, 6.45) is 3.10. The summed E-state index contributed by atoms with van der Waals surface area (Å²) >= 11 is 0. The quantitative estimate of drug-likeness (QED) is 0.867. The Hall–Kier alpha value is -0.810. The summed E-state index contributed by atoms with van der Waals surface area (Å²) in [4.78, 5) is 14.0. The third-order valence-electron chi connectivity index (χ3n) is 5.62. The number of nitrogens with one attached hydrogen (secondary N) is 1. The van der Waals surface area contributed by atoms with Crippen LogP contribution >= 0.6 is 0 Å². The third kappa shape index (κ3) is 3.82. The second-order valence-electron chi connectivity index (χ2n) is 8.75. The Morgan fingerprint density at radius 3 is 2.57 bits per heavy atom. The molecular weight excluding hydrogens is 292 g/mol. The van der Waals surface area contributed by atoms with Crippen LogP contribution in [0, 0.1) is 11.8 Å². The normalized spacial score (nSPS) is 40.0. The lowest BCUT2D eigenvalue weighted by atomic mass is 9.90. The van der Waals surface area contributed by atoms with Crippen LogP contribution in [0.2, 0.25) is 0 Å². The van der Waals surface area contributed by atoms with Crippen molar-refractivity contribution in [2.75, 3.05) is 19.7 Å². The standard InChI is InChI=1S/C18H32N2O3/c1-6-18(5)9-12(7-8-22-18)19-15-13-10-20(11-14(13)15)16(21)23-17(2,3)4/h12-15,19H,6-11H2,1-5H3. The van der Waals surface area contributed by atoms with E-state index in [0.29, 0.717) is 23.9 Å². The molecule has 0 aromatic rings. The summed E-state index contributed by atoms with van der Waals surface area (Å²) < 4.78 is 11.4. The molecule has 1 saturated carbocycles. The predicted octanol–water partition coefficient (Wildman–Crippen LogP) is 2.79. The van der Waals surface area contributed by atoms with Crippen LogP contribution in [0.1, 0.15) is 53.9 Å². The lowest BCUT2D eigenvalue weighted by molar-refractivity contribution is -0.0784. The number of ether oxygens (including phenoxy) is 2. The van der Waals surface area contributed by atoms with Gasteiger partial charge < -0.3 is 19.7 Å². The van der Waals surface area contributed by atoms with Crippen molar-refractivity contribution in [3.05, 3.63) is 0 Å². The summed E-state index contributed by atoms with van der Waals surface area (Å²) in [5.41, 5.74) is -0.378. The van der Waals surface area contributed by atoms with Crippen LogP contribution in [0.25, 0.3) is 0 Å². The van der Waals surface area contributed by atoms with E-state index in [-0.39, 0.29) is 11.7 Å². The monoisotopic (exact) mass is 324 g/mol. The maximum absolute atomic E-state index is 12.1. The van der Waals surface area contributed by atoms with Crippen molar-refractivity contribution in [2.24, 2.45) is 11.8 Å². The van der Waals surface area contributed by atoms with Gasteiger partial charge in [-0.2, -0.15) is 0 Å². The van der Waals surface area contributed by atoms with Gasteiger partial charge in [-0.25, -0.2) is 4.79 Å². The van der Waals surface area contributed by atoms with Crippen molar-refractivity contribution in [3.63, 3.8) is 0 Å². The number of carbonyl (C=O) groups is 1. The Kier molecular flexibility index (Phi) is 4.38. The smallest absolute Gasteiger partial charge is 0.410 e. The second kappa shape index (κ2) is 5.92. The number of carbonyl (C=O) groups excluding carboxylic acids is 1. The van der Waals surface area contributed by atoms with E-state index in [0.717, 1.165) is 39.0 Å². The van der Waals surface area contributed by atoms with E-state index < -0.39 is 5.60 Å². The fourth-order valence-corrected chi connectivity index (χ4v) is 4.04. The van der Waals surface area contributed by atoms with Gasteiger partial charge in [0.2, 0.25) is 0 Å². The summed E-state index contributed by atoms with van der Waals surface area (Å²) in [6, 6.07) is 1.14.